The zero-order chi connectivity index (χ0) is 39.4. The van der Waals surface area contributed by atoms with Gasteiger partial charge in [0.25, 0.3) is 0 Å². The van der Waals surface area contributed by atoms with Gasteiger partial charge in [0.15, 0.2) is 0 Å². The first-order chi connectivity index (χ1) is 26.6. The van der Waals surface area contributed by atoms with E-state index in [-0.39, 0.29) is 17.1 Å². The first-order valence-corrected chi connectivity index (χ1v) is 20.3. The monoisotopic (exact) mass is 760 g/mol. The Morgan fingerprint density at radius 2 is 0.855 bits per heavy atom. The predicted molar refractivity (Wildman–Crippen MR) is 224 cm³/mol. The average molecular weight is 761 g/mol. The highest BCUT2D eigenvalue weighted by atomic mass is 31.1. The molecule has 2 atom stereocenters. The fourth-order valence-electron chi connectivity index (χ4n) is 7.77. The molecule has 5 aromatic rings. The van der Waals surface area contributed by atoms with Crippen molar-refractivity contribution < 1.29 is 33.2 Å². The summed E-state index contributed by atoms with van der Waals surface area (Å²) in [6.07, 6.45) is 0.851. The van der Waals surface area contributed by atoms with Crippen LogP contribution >= 0.6 is 7.92 Å². The van der Waals surface area contributed by atoms with Crippen LogP contribution in [0.25, 0.3) is 22.3 Å². The molecule has 2 unspecified atom stereocenters. The molecule has 0 radical (unpaired) electrons. The molecule has 55 heavy (non-hydrogen) atoms. The molecule has 0 aliphatic carbocycles. The molecule has 288 valence electrons. The highest BCUT2D eigenvalue weighted by Crippen LogP contribution is 2.69. The van der Waals surface area contributed by atoms with Crippen LogP contribution in [-0.2, 0) is 4.79 Å². The Morgan fingerprint density at radius 3 is 1.15 bits per heavy atom. The van der Waals surface area contributed by atoms with Gasteiger partial charge in [-0.1, -0.05) is 102 Å². The quantitative estimate of drug-likeness (QED) is 0.111. The minimum absolute atomic E-state index is 0.0994. The summed E-state index contributed by atoms with van der Waals surface area (Å²) >= 11 is 0. The molecule has 7 nitrogen and oxygen atoms in total. The molecule has 0 saturated carbocycles. The molecule has 0 aromatic heterocycles. The Hall–Kier alpha value is -5.00. The van der Waals surface area contributed by atoms with Crippen molar-refractivity contribution >= 4 is 19.0 Å². The number of rotatable bonds is 13. The number of hydrogen-bond acceptors (Lipinski definition) is 7. The summed E-state index contributed by atoms with van der Waals surface area (Å²) in [7, 11) is 8.72. The van der Waals surface area contributed by atoms with E-state index >= 15 is 0 Å². The average Bonchev–Trinajstić information content (AvgIpc) is 3.22. The molecule has 1 heterocycles. The molecule has 5 aromatic carbocycles. The number of carbonyl (C=O) groups excluding carboxylic acids is 1. The smallest absolute Gasteiger partial charge is 0.134 e. The van der Waals surface area contributed by atoms with E-state index in [0.29, 0.717) is 59.2 Å². The third-order valence-electron chi connectivity index (χ3n) is 10.8. The number of carbonyl (C=O) groups is 1. The molecule has 0 N–H and O–H groups in total. The fourth-order valence-corrected chi connectivity index (χ4v) is 11.5. The Bertz CT molecular complexity index is 1930. The molecular formula is C47H53O7P. The molecular weight excluding hydrogens is 707 g/mol. The first kappa shape index (κ1) is 39.7. The van der Waals surface area contributed by atoms with Gasteiger partial charge in [0.1, 0.15) is 40.3 Å². The maximum atomic E-state index is 14.1. The summed E-state index contributed by atoms with van der Waals surface area (Å²) < 4.78 is 35.9. The van der Waals surface area contributed by atoms with Gasteiger partial charge in [0, 0.05) is 48.4 Å². The third kappa shape index (κ3) is 7.91. The summed E-state index contributed by atoms with van der Waals surface area (Å²) in [4.78, 5) is 14.1. The summed E-state index contributed by atoms with van der Waals surface area (Å²) in [6, 6.07) is 31.7. The van der Waals surface area contributed by atoms with Crippen LogP contribution in [0.15, 0.2) is 91.0 Å². The van der Waals surface area contributed by atoms with E-state index in [9.17, 15) is 4.79 Å². The Labute approximate surface area is 327 Å². The molecule has 1 aliphatic rings. The lowest BCUT2D eigenvalue weighted by atomic mass is 9.95. The Morgan fingerprint density at radius 1 is 0.509 bits per heavy atom. The lowest BCUT2D eigenvalue weighted by Crippen LogP contribution is -2.26. The van der Waals surface area contributed by atoms with Crippen molar-refractivity contribution in [2.45, 2.75) is 63.7 Å². The lowest BCUT2D eigenvalue weighted by Gasteiger charge is -2.41. The molecule has 0 spiro atoms. The summed E-state index contributed by atoms with van der Waals surface area (Å²) in [6.45, 7) is 8.82. The van der Waals surface area contributed by atoms with Crippen LogP contribution in [0.5, 0.6) is 34.5 Å². The van der Waals surface area contributed by atoms with Gasteiger partial charge in [0.2, 0.25) is 0 Å². The van der Waals surface area contributed by atoms with Crippen molar-refractivity contribution in [2.75, 3.05) is 42.7 Å². The number of benzene rings is 5. The Kier molecular flexibility index (Phi) is 12.4. The second-order valence-electron chi connectivity index (χ2n) is 14.5. The van der Waals surface area contributed by atoms with Crippen LogP contribution in [0.1, 0.15) is 85.9 Å². The molecule has 1 fully saturated rings. The topological polar surface area (TPSA) is 72.5 Å². The van der Waals surface area contributed by atoms with Crippen molar-refractivity contribution in [3.05, 3.63) is 113 Å². The van der Waals surface area contributed by atoms with Crippen LogP contribution in [0.3, 0.4) is 0 Å². The van der Waals surface area contributed by atoms with Gasteiger partial charge in [-0.05, 0) is 50.5 Å². The van der Waals surface area contributed by atoms with Crippen molar-refractivity contribution in [2.24, 2.45) is 0 Å². The van der Waals surface area contributed by atoms with Gasteiger partial charge < -0.3 is 28.4 Å². The van der Waals surface area contributed by atoms with Crippen molar-refractivity contribution in [1.29, 1.82) is 0 Å². The van der Waals surface area contributed by atoms with Crippen molar-refractivity contribution in [1.82, 2.24) is 0 Å². The van der Waals surface area contributed by atoms with Gasteiger partial charge in [-0.2, -0.15) is 0 Å². The van der Waals surface area contributed by atoms with E-state index < -0.39 is 7.92 Å². The van der Waals surface area contributed by atoms with Gasteiger partial charge in [0.05, 0.1) is 53.8 Å². The third-order valence-corrected chi connectivity index (χ3v) is 14.1. The lowest BCUT2D eigenvalue weighted by molar-refractivity contribution is -0.119. The molecule has 6 rings (SSSR count). The second kappa shape index (κ2) is 17.2. The molecule has 0 bridgehead atoms. The SMILES string of the molecule is COc1cc(OC)c(-c2cccc(-c3c(OC)cc(OC)cc3OC)c2P2C(c3ccc(C(C)C)cc3)CC(=O)CC2c2ccc(C(C)C)cc2)c(OC)c1. The molecule has 8 heteroatoms. The highest BCUT2D eigenvalue weighted by molar-refractivity contribution is 7.67. The van der Waals surface area contributed by atoms with Crippen LogP contribution in [0.4, 0.5) is 0 Å². The van der Waals surface area contributed by atoms with E-state index in [1.165, 1.54) is 11.1 Å². The van der Waals surface area contributed by atoms with Crippen molar-refractivity contribution in [3.8, 4) is 56.8 Å². The van der Waals surface area contributed by atoms with Gasteiger partial charge in [-0.25, -0.2) is 0 Å². The molecule has 1 aliphatic heterocycles. The van der Waals surface area contributed by atoms with Gasteiger partial charge >= 0.3 is 0 Å². The van der Waals surface area contributed by atoms with Crippen molar-refractivity contribution in [3.63, 3.8) is 0 Å². The van der Waals surface area contributed by atoms with E-state index in [0.717, 1.165) is 38.7 Å². The van der Waals surface area contributed by atoms with E-state index in [1.807, 2.05) is 24.3 Å². The number of ether oxygens (including phenoxy) is 6. The number of methoxy groups -OCH3 is 6. The number of ketones is 1. The minimum atomic E-state index is -1.21. The summed E-state index contributed by atoms with van der Waals surface area (Å²) in [5, 5.41) is 1.10. The minimum Gasteiger partial charge on any atom is -0.496 e. The van der Waals surface area contributed by atoms with E-state index in [4.69, 9.17) is 28.4 Å². The second-order valence-corrected chi connectivity index (χ2v) is 17.1. The van der Waals surface area contributed by atoms with Crippen LogP contribution < -0.4 is 33.7 Å². The van der Waals surface area contributed by atoms with Gasteiger partial charge in [-0.3, -0.25) is 4.79 Å². The number of hydrogen-bond donors (Lipinski definition) is 0. The largest absolute Gasteiger partial charge is 0.496 e. The summed E-state index contributed by atoms with van der Waals surface area (Å²) in [5.41, 5.74) is 8.12. The highest BCUT2D eigenvalue weighted by Gasteiger charge is 2.43. The zero-order valence-electron chi connectivity index (χ0n) is 33.7. The van der Waals surface area contributed by atoms with E-state index in [1.54, 1.807) is 42.7 Å². The van der Waals surface area contributed by atoms with Crippen LogP contribution in [0.2, 0.25) is 0 Å². The maximum Gasteiger partial charge on any atom is 0.134 e. The molecule has 0 amide bonds. The number of Topliss-reactive ketones (excluding diaryl/α,β-unsaturated/α-hetero) is 1. The first-order valence-electron chi connectivity index (χ1n) is 18.8. The summed E-state index contributed by atoms with van der Waals surface area (Å²) in [5.74, 6) is 4.71. The van der Waals surface area contributed by atoms with E-state index in [2.05, 4.69) is 94.4 Å². The van der Waals surface area contributed by atoms with Crippen LogP contribution in [-0.4, -0.2) is 48.4 Å². The van der Waals surface area contributed by atoms with Crippen LogP contribution in [0, 0.1) is 0 Å². The zero-order valence-corrected chi connectivity index (χ0v) is 34.6. The fraction of sp³-hybridized carbons (Fsp3) is 0.340. The normalized spacial score (nSPS) is 16.9. The predicted octanol–water partition coefficient (Wildman–Crippen LogP) is 11.3. The molecule has 1 saturated heterocycles. The standard InChI is InChI=1S/C47H53O7P/c1-28(2)30-14-18-32(19-15-30)43-22-34(48)23-44(33-20-16-31(17-21-33)29(3)4)55(43)47-37(45-39(51-7)24-35(49-5)25-40(45)52-8)12-11-13-38(47)46-41(53-9)26-36(50-6)27-42(46)54-10/h11-21,24-29,43-44H,22-23H2,1-10H3. The maximum absolute atomic E-state index is 14.1. The van der Waals surface area contributed by atoms with Gasteiger partial charge in [-0.15, -0.1) is 0 Å². The Balaban J connectivity index is 1.77.